The Morgan fingerprint density at radius 3 is 2.42 bits per heavy atom. The van der Waals surface area contributed by atoms with Crippen molar-refractivity contribution in [1.82, 2.24) is 0 Å². The second kappa shape index (κ2) is 8.06. The number of hydrogen-bond donors (Lipinski definition) is 1. The van der Waals surface area contributed by atoms with Crippen molar-refractivity contribution in [1.29, 1.82) is 0 Å². The first-order valence-corrected chi connectivity index (χ1v) is 7.44. The lowest BCUT2D eigenvalue weighted by Gasteiger charge is -2.13. The average Bonchev–Trinajstić information content (AvgIpc) is 2.59. The second-order valence-electron chi connectivity index (χ2n) is 5.27. The fourth-order valence-electron chi connectivity index (χ4n) is 2.09. The Morgan fingerprint density at radius 1 is 1.04 bits per heavy atom. The number of carbonyl (C=O) groups is 1. The van der Waals surface area contributed by atoms with E-state index < -0.39 is 0 Å². The first-order valence-electron chi connectivity index (χ1n) is 7.44. The maximum Gasteiger partial charge on any atom is 0.259 e. The summed E-state index contributed by atoms with van der Waals surface area (Å²) in [7, 11) is 3.11. The highest BCUT2D eigenvalue weighted by Gasteiger charge is 2.13. The van der Waals surface area contributed by atoms with Crippen LogP contribution in [0.15, 0.2) is 54.6 Å². The second-order valence-corrected chi connectivity index (χ2v) is 5.27. The first kappa shape index (κ1) is 17.4. The molecule has 2 rings (SSSR count). The third kappa shape index (κ3) is 4.29. The summed E-state index contributed by atoms with van der Waals surface area (Å²) < 4.78 is 16.1. The highest BCUT2D eigenvalue weighted by molar-refractivity contribution is 6.06. The molecule has 0 spiro atoms. The third-order valence-electron chi connectivity index (χ3n) is 3.25. The van der Waals surface area contributed by atoms with Gasteiger partial charge in [-0.05, 0) is 36.8 Å². The van der Waals surface area contributed by atoms with E-state index in [9.17, 15) is 4.79 Å². The summed E-state index contributed by atoms with van der Waals surface area (Å²) in [6, 6.07) is 12.3. The summed E-state index contributed by atoms with van der Waals surface area (Å²) in [6.07, 6.45) is 0. The van der Waals surface area contributed by atoms with E-state index in [4.69, 9.17) is 14.2 Å². The largest absolute Gasteiger partial charge is 0.493 e. The van der Waals surface area contributed by atoms with Crippen molar-refractivity contribution < 1.29 is 19.0 Å². The Bertz CT molecular complexity index is 740. The third-order valence-corrected chi connectivity index (χ3v) is 3.25. The molecule has 0 saturated carbocycles. The molecule has 0 bridgehead atoms. The molecule has 0 aliphatic carbocycles. The lowest BCUT2D eigenvalue weighted by Crippen LogP contribution is -2.14. The fraction of sp³-hybridized carbons (Fsp3) is 0.211. The number of anilines is 1. The topological polar surface area (TPSA) is 56.8 Å². The molecule has 24 heavy (non-hydrogen) atoms. The van der Waals surface area contributed by atoms with Crippen LogP contribution >= 0.6 is 0 Å². The van der Waals surface area contributed by atoms with Crippen LogP contribution in [0, 0.1) is 0 Å². The van der Waals surface area contributed by atoms with E-state index in [1.54, 1.807) is 50.6 Å². The predicted molar refractivity (Wildman–Crippen MR) is 94.3 cm³/mol. The van der Waals surface area contributed by atoms with E-state index in [0.717, 1.165) is 5.57 Å². The van der Waals surface area contributed by atoms with Gasteiger partial charge in [-0.25, -0.2) is 0 Å². The maximum atomic E-state index is 12.5. The number of para-hydroxylation sites is 1. The smallest absolute Gasteiger partial charge is 0.259 e. The predicted octanol–water partition coefficient (Wildman–Crippen LogP) is 3.91. The number of benzene rings is 2. The van der Waals surface area contributed by atoms with Gasteiger partial charge in [-0.2, -0.15) is 0 Å². The number of carbonyl (C=O) groups excluding carboxylic acids is 1. The van der Waals surface area contributed by atoms with E-state index >= 15 is 0 Å². The molecule has 1 N–H and O–H groups in total. The van der Waals surface area contributed by atoms with Gasteiger partial charge in [-0.3, -0.25) is 4.79 Å². The maximum absolute atomic E-state index is 12.5. The molecule has 0 heterocycles. The summed E-state index contributed by atoms with van der Waals surface area (Å²) in [6.45, 7) is 6.03. The molecule has 0 radical (unpaired) electrons. The molecule has 5 heteroatoms. The lowest BCUT2D eigenvalue weighted by atomic mass is 10.1. The molecule has 0 aliphatic rings. The standard InChI is InChI=1S/C19H21NO4/c1-13(2)12-24-16-8-6-5-7-15(16)19(21)20-14-9-10-17(22-3)18(11-14)23-4/h5-11H,1,12H2,2-4H3,(H,20,21). The van der Waals surface area contributed by atoms with Gasteiger partial charge in [0, 0.05) is 11.8 Å². The van der Waals surface area contributed by atoms with Crippen molar-refractivity contribution in [3.05, 3.63) is 60.2 Å². The number of rotatable bonds is 7. The van der Waals surface area contributed by atoms with Crippen LogP contribution < -0.4 is 19.5 Å². The van der Waals surface area contributed by atoms with Crippen molar-refractivity contribution in [2.75, 3.05) is 26.1 Å². The van der Waals surface area contributed by atoms with Gasteiger partial charge in [0.05, 0.1) is 19.8 Å². The zero-order chi connectivity index (χ0) is 17.5. The van der Waals surface area contributed by atoms with Crippen LogP contribution in [0.2, 0.25) is 0 Å². The van der Waals surface area contributed by atoms with Gasteiger partial charge in [-0.15, -0.1) is 0 Å². The van der Waals surface area contributed by atoms with Gasteiger partial charge < -0.3 is 19.5 Å². The molecule has 0 unspecified atom stereocenters. The van der Waals surface area contributed by atoms with Gasteiger partial charge in [0.2, 0.25) is 0 Å². The van der Waals surface area contributed by atoms with Crippen LogP contribution in [0.3, 0.4) is 0 Å². The summed E-state index contributed by atoms with van der Waals surface area (Å²) in [4.78, 5) is 12.5. The molecular weight excluding hydrogens is 306 g/mol. The van der Waals surface area contributed by atoms with E-state index in [0.29, 0.717) is 35.1 Å². The van der Waals surface area contributed by atoms with Crippen molar-refractivity contribution in [2.45, 2.75) is 6.92 Å². The Kier molecular flexibility index (Phi) is 5.84. The van der Waals surface area contributed by atoms with Crippen LogP contribution in [0.1, 0.15) is 17.3 Å². The van der Waals surface area contributed by atoms with Crippen LogP contribution in [0.25, 0.3) is 0 Å². The zero-order valence-electron chi connectivity index (χ0n) is 14.1. The summed E-state index contributed by atoms with van der Waals surface area (Å²) in [5, 5.41) is 2.84. The molecule has 0 saturated heterocycles. The number of methoxy groups -OCH3 is 2. The van der Waals surface area contributed by atoms with Crippen LogP contribution in [-0.2, 0) is 0 Å². The molecule has 0 aliphatic heterocycles. The molecule has 2 aromatic carbocycles. The van der Waals surface area contributed by atoms with E-state index in [1.807, 2.05) is 13.0 Å². The highest BCUT2D eigenvalue weighted by Crippen LogP contribution is 2.30. The van der Waals surface area contributed by atoms with Crippen molar-refractivity contribution in [2.24, 2.45) is 0 Å². The van der Waals surface area contributed by atoms with E-state index in [2.05, 4.69) is 11.9 Å². The molecule has 5 nitrogen and oxygen atoms in total. The molecule has 0 fully saturated rings. The molecule has 0 aromatic heterocycles. The van der Waals surface area contributed by atoms with Crippen molar-refractivity contribution in [3.63, 3.8) is 0 Å². The zero-order valence-corrected chi connectivity index (χ0v) is 14.1. The lowest BCUT2D eigenvalue weighted by molar-refractivity contribution is 0.102. The molecular formula is C19H21NO4. The SMILES string of the molecule is C=C(C)COc1ccccc1C(=O)Nc1ccc(OC)c(OC)c1. The number of hydrogen-bond acceptors (Lipinski definition) is 4. The Morgan fingerprint density at radius 2 is 1.75 bits per heavy atom. The summed E-state index contributed by atoms with van der Waals surface area (Å²) in [5.41, 5.74) is 1.94. The minimum Gasteiger partial charge on any atom is -0.493 e. The minimum atomic E-state index is -0.264. The monoisotopic (exact) mass is 327 g/mol. The van der Waals surface area contributed by atoms with E-state index in [-0.39, 0.29) is 5.91 Å². The Balaban J connectivity index is 2.19. The van der Waals surface area contributed by atoms with Gasteiger partial charge in [0.25, 0.3) is 5.91 Å². The van der Waals surface area contributed by atoms with Gasteiger partial charge in [0.1, 0.15) is 12.4 Å². The average molecular weight is 327 g/mol. The fourth-order valence-corrected chi connectivity index (χ4v) is 2.09. The minimum absolute atomic E-state index is 0.264. The van der Waals surface area contributed by atoms with Crippen LogP contribution in [-0.4, -0.2) is 26.7 Å². The van der Waals surface area contributed by atoms with Gasteiger partial charge >= 0.3 is 0 Å². The molecule has 0 atom stereocenters. The van der Waals surface area contributed by atoms with E-state index in [1.165, 1.54) is 0 Å². The van der Waals surface area contributed by atoms with Gasteiger partial charge in [-0.1, -0.05) is 18.7 Å². The summed E-state index contributed by atoms with van der Waals surface area (Å²) >= 11 is 0. The Labute approximate surface area is 141 Å². The normalized spacial score (nSPS) is 9.96. The highest BCUT2D eigenvalue weighted by atomic mass is 16.5. The van der Waals surface area contributed by atoms with Crippen LogP contribution in [0.5, 0.6) is 17.2 Å². The van der Waals surface area contributed by atoms with Crippen molar-refractivity contribution >= 4 is 11.6 Å². The quantitative estimate of drug-likeness (QED) is 0.783. The van der Waals surface area contributed by atoms with Gasteiger partial charge in [0.15, 0.2) is 11.5 Å². The number of ether oxygens (including phenoxy) is 3. The molecule has 2 aromatic rings. The Hall–Kier alpha value is -2.95. The molecule has 1 amide bonds. The molecule has 126 valence electrons. The van der Waals surface area contributed by atoms with Crippen LogP contribution in [0.4, 0.5) is 5.69 Å². The first-order chi connectivity index (χ1) is 11.5. The number of amides is 1. The van der Waals surface area contributed by atoms with Crippen molar-refractivity contribution in [3.8, 4) is 17.2 Å². The number of nitrogens with one attached hydrogen (secondary N) is 1. The summed E-state index contributed by atoms with van der Waals surface area (Å²) in [5.74, 6) is 1.39.